The van der Waals surface area contributed by atoms with Gasteiger partial charge in [-0.15, -0.1) is 11.6 Å². The number of fused-ring (bicyclic) bond motifs is 1. The van der Waals surface area contributed by atoms with Gasteiger partial charge in [-0.1, -0.05) is 19.1 Å². The summed E-state index contributed by atoms with van der Waals surface area (Å²) in [5.41, 5.74) is 4.82. The van der Waals surface area contributed by atoms with Crippen molar-refractivity contribution >= 4 is 22.6 Å². The van der Waals surface area contributed by atoms with Crippen LogP contribution in [0.4, 0.5) is 0 Å². The van der Waals surface area contributed by atoms with Gasteiger partial charge in [0.1, 0.15) is 5.82 Å². The summed E-state index contributed by atoms with van der Waals surface area (Å²) in [6.45, 7) is 2.09. The minimum atomic E-state index is 0.624. The second kappa shape index (κ2) is 6.21. The highest BCUT2D eigenvalue weighted by Crippen LogP contribution is 2.23. The zero-order valence-corrected chi connectivity index (χ0v) is 13.1. The fourth-order valence-electron chi connectivity index (χ4n) is 2.64. The van der Waals surface area contributed by atoms with Crippen LogP contribution in [0.15, 0.2) is 42.5 Å². The second-order valence-corrected chi connectivity index (χ2v) is 5.52. The third kappa shape index (κ3) is 2.58. The number of alkyl halides is 1. The van der Waals surface area contributed by atoms with Gasteiger partial charge in [0.15, 0.2) is 0 Å². The van der Waals surface area contributed by atoms with E-state index >= 15 is 0 Å². The molecule has 22 heavy (non-hydrogen) atoms. The Bertz CT molecular complexity index is 841. The SMILES string of the molecule is CCc1nc2ccc(C#N)cc2n1-c1ccc(CCCl)cc1. The van der Waals surface area contributed by atoms with Crippen molar-refractivity contribution in [2.24, 2.45) is 0 Å². The van der Waals surface area contributed by atoms with Crippen LogP contribution in [0.5, 0.6) is 0 Å². The topological polar surface area (TPSA) is 41.6 Å². The van der Waals surface area contributed by atoms with Gasteiger partial charge in [0.2, 0.25) is 0 Å². The van der Waals surface area contributed by atoms with Crippen molar-refractivity contribution in [3.8, 4) is 11.8 Å². The predicted molar refractivity (Wildman–Crippen MR) is 89.6 cm³/mol. The van der Waals surface area contributed by atoms with Crippen LogP contribution < -0.4 is 0 Å². The first-order chi connectivity index (χ1) is 10.8. The molecule has 0 atom stereocenters. The number of rotatable bonds is 4. The lowest BCUT2D eigenvalue weighted by atomic mass is 10.1. The molecule has 0 N–H and O–H groups in total. The number of aryl methyl sites for hydroxylation is 2. The van der Waals surface area contributed by atoms with Crippen molar-refractivity contribution in [2.75, 3.05) is 5.88 Å². The first-order valence-electron chi connectivity index (χ1n) is 7.33. The number of nitrogens with zero attached hydrogens (tertiary/aromatic N) is 3. The van der Waals surface area contributed by atoms with Crippen molar-refractivity contribution < 1.29 is 0 Å². The molecular formula is C18H16ClN3. The molecular weight excluding hydrogens is 294 g/mol. The number of imidazole rings is 1. The van der Waals surface area contributed by atoms with Crippen molar-refractivity contribution in [1.29, 1.82) is 5.26 Å². The number of hydrogen-bond donors (Lipinski definition) is 0. The summed E-state index contributed by atoms with van der Waals surface area (Å²) in [6.07, 6.45) is 1.70. The van der Waals surface area contributed by atoms with Crippen LogP contribution >= 0.6 is 11.6 Å². The smallest absolute Gasteiger partial charge is 0.114 e. The number of hydrogen-bond acceptors (Lipinski definition) is 2. The zero-order chi connectivity index (χ0) is 15.5. The molecule has 0 amide bonds. The normalized spacial score (nSPS) is 10.8. The molecule has 3 aromatic rings. The third-order valence-corrected chi connectivity index (χ3v) is 3.94. The van der Waals surface area contributed by atoms with Crippen molar-refractivity contribution in [2.45, 2.75) is 19.8 Å². The van der Waals surface area contributed by atoms with Crippen LogP contribution in [-0.4, -0.2) is 15.4 Å². The van der Waals surface area contributed by atoms with E-state index in [1.165, 1.54) is 5.56 Å². The lowest BCUT2D eigenvalue weighted by molar-refractivity contribution is 0.907. The highest BCUT2D eigenvalue weighted by molar-refractivity contribution is 6.17. The summed E-state index contributed by atoms with van der Waals surface area (Å²) >= 11 is 5.79. The highest BCUT2D eigenvalue weighted by Gasteiger charge is 2.11. The zero-order valence-electron chi connectivity index (χ0n) is 12.4. The fourth-order valence-corrected chi connectivity index (χ4v) is 2.86. The van der Waals surface area contributed by atoms with Crippen molar-refractivity contribution in [3.63, 3.8) is 0 Å². The Morgan fingerprint density at radius 1 is 1.18 bits per heavy atom. The summed E-state index contributed by atoms with van der Waals surface area (Å²) in [5.74, 6) is 1.62. The van der Waals surface area contributed by atoms with Crippen molar-refractivity contribution in [3.05, 3.63) is 59.4 Å². The van der Waals surface area contributed by atoms with E-state index in [4.69, 9.17) is 16.9 Å². The predicted octanol–water partition coefficient (Wildman–Crippen LogP) is 4.24. The molecule has 0 saturated heterocycles. The van der Waals surface area contributed by atoms with E-state index in [0.29, 0.717) is 11.4 Å². The molecule has 2 aromatic carbocycles. The van der Waals surface area contributed by atoms with E-state index < -0.39 is 0 Å². The van der Waals surface area contributed by atoms with E-state index in [2.05, 4.69) is 46.8 Å². The standard InChI is InChI=1S/C18H16ClN3/c1-2-18-21-16-8-5-14(12-20)11-17(16)22(18)15-6-3-13(4-7-15)9-10-19/h3-8,11H,2,9-10H2,1H3. The average molecular weight is 310 g/mol. The van der Waals surface area contributed by atoms with Crippen LogP contribution in [0.3, 0.4) is 0 Å². The maximum Gasteiger partial charge on any atom is 0.114 e. The molecule has 0 aliphatic rings. The average Bonchev–Trinajstić information content (AvgIpc) is 2.93. The molecule has 0 radical (unpaired) electrons. The second-order valence-electron chi connectivity index (χ2n) is 5.14. The molecule has 1 aromatic heterocycles. The van der Waals surface area contributed by atoms with Gasteiger partial charge < -0.3 is 0 Å². The van der Waals surface area contributed by atoms with E-state index in [9.17, 15) is 0 Å². The largest absolute Gasteiger partial charge is 0.296 e. The van der Waals surface area contributed by atoms with E-state index in [1.54, 1.807) is 0 Å². The Morgan fingerprint density at radius 2 is 1.95 bits per heavy atom. The third-order valence-electron chi connectivity index (χ3n) is 3.75. The van der Waals surface area contributed by atoms with Crippen LogP contribution in [0.2, 0.25) is 0 Å². The number of nitriles is 1. The van der Waals surface area contributed by atoms with Gasteiger partial charge in [-0.3, -0.25) is 4.57 Å². The monoisotopic (exact) mass is 309 g/mol. The van der Waals surface area contributed by atoms with Gasteiger partial charge in [0, 0.05) is 18.0 Å². The van der Waals surface area contributed by atoms with E-state index in [1.807, 2.05) is 18.2 Å². The van der Waals surface area contributed by atoms with Crippen LogP contribution in [0.25, 0.3) is 16.7 Å². The molecule has 0 fully saturated rings. The maximum absolute atomic E-state index is 9.13. The number of benzene rings is 2. The summed E-state index contributed by atoms with van der Waals surface area (Å²) < 4.78 is 2.13. The van der Waals surface area contributed by atoms with Gasteiger partial charge in [0.05, 0.1) is 22.7 Å². The molecule has 0 bridgehead atoms. The Balaban J connectivity index is 2.17. The van der Waals surface area contributed by atoms with Crippen molar-refractivity contribution in [1.82, 2.24) is 9.55 Å². The lowest BCUT2D eigenvalue weighted by Crippen LogP contribution is -2.00. The molecule has 3 nitrogen and oxygen atoms in total. The highest BCUT2D eigenvalue weighted by atomic mass is 35.5. The molecule has 3 rings (SSSR count). The Morgan fingerprint density at radius 3 is 2.59 bits per heavy atom. The first-order valence-corrected chi connectivity index (χ1v) is 7.87. The van der Waals surface area contributed by atoms with Crippen LogP contribution in [0.1, 0.15) is 23.9 Å². The van der Waals surface area contributed by atoms with E-state index in [0.717, 1.165) is 35.4 Å². The van der Waals surface area contributed by atoms with E-state index in [-0.39, 0.29) is 0 Å². The Hall–Kier alpha value is -2.31. The minimum Gasteiger partial charge on any atom is -0.296 e. The molecule has 0 saturated carbocycles. The van der Waals surface area contributed by atoms with Gasteiger partial charge in [0.25, 0.3) is 0 Å². The van der Waals surface area contributed by atoms with Gasteiger partial charge in [-0.05, 0) is 42.3 Å². The Kier molecular flexibility index (Phi) is 4.13. The summed E-state index contributed by atoms with van der Waals surface area (Å²) in [6, 6.07) is 16.2. The lowest BCUT2D eigenvalue weighted by Gasteiger charge is -2.09. The Labute approximate surface area is 134 Å². The molecule has 1 heterocycles. The molecule has 0 unspecified atom stereocenters. The quantitative estimate of drug-likeness (QED) is 0.676. The molecule has 0 aliphatic heterocycles. The molecule has 4 heteroatoms. The number of aromatic nitrogens is 2. The molecule has 0 spiro atoms. The summed E-state index contributed by atoms with van der Waals surface area (Å²) in [7, 11) is 0. The van der Waals surface area contributed by atoms with Gasteiger partial charge >= 0.3 is 0 Å². The first kappa shape index (κ1) is 14.6. The van der Waals surface area contributed by atoms with Crippen LogP contribution in [0, 0.1) is 11.3 Å². The maximum atomic E-state index is 9.13. The molecule has 0 aliphatic carbocycles. The fraction of sp³-hybridized carbons (Fsp3) is 0.222. The van der Waals surface area contributed by atoms with Gasteiger partial charge in [-0.25, -0.2) is 4.98 Å². The summed E-state index contributed by atoms with van der Waals surface area (Å²) in [4.78, 5) is 4.67. The molecule has 110 valence electrons. The summed E-state index contributed by atoms with van der Waals surface area (Å²) in [5, 5.41) is 9.13. The van der Waals surface area contributed by atoms with Crippen LogP contribution in [-0.2, 0) is 12.8 Å². The van der Waals surface area contributed by atoms with Gasteiger partial charge in [-0.2, -0.15) is 5.26 Å². The minimum absolute atomic E-state index is 0.624. The number of halogens is 1.